The van der Waals surface area contributed by atoms with Gasteiger partial charge in [-0.15, -0.1) is 0 Å². The van der Waals surface area contributed by atoms with E-state index in [0.717, 1.165) is 0 Å². The van der Waals surface area contributed by atoms with Crippen LogP contribution in [0.2, 0.25) is 0 Å². The maximum Gasteiger partial charge on any atom is 0.232 e. The fraction of sp³-hybridized carbons (Fsp3) is 0.556. The first-order valence-electron chi connectivity index (χ1n) is 4.40. The predicted octanol–water partition coefficient (Wildman–Crippen LogP) is -0.592. The first-order chi connectivity index (χ1) is 6.11. The molecule has 0 saturated carbocycles. The van der Waals surface area contributed by atoms with Crippen molar-refractivity contribution in [2.75, 3.05) is 0 Å². The second kappa shape index (κ2) is 2.67. The van der Waals surface area contributed by atoms with Gasteiger partial charge in [-0.2, -0.15) is 0 Å². The molecule has 0 radical (unpaired) electrons. The van der Waals surface area contributed by atoms with Crippen molar-refractivity contribution in [1.82, 2.24) is 5.32 Å². The highest BCUT2D eigenvalue weighted by Gasteiger charge is 2.47. The van der Waals surface area contributed by atoms with Gasteiger partial charge in [0.1, 0.15) is 0 Å². The number of rotatable bonds is 0. The van der Waals surface area contributed by atoms with E-state index in [-0.39, 0.29) is 35.6 Å². The van der Waals surface area contributed by atoms with Crippen LogP contribution in [0.25, 0.3) is 0 Å². The molecule has 1 heterocycles. The first-order valence-corrected chi connectivity index (χ1v) is 4.40. The quantitative estimate of drug-likeness (QED) is 0.386. The van der Waals surface area contributed by atoms with Crippen LogP contribution in [0, 0.1) is 17.8 Å². The fourth-order valence-corrected chi connectivity index (χ4v) is 2.14. The topological polar surface area (TPSA) is 72.2 Å². The Kier molecular flexibility index (Phi) is 1.73. The SMILES string of the molecule is CC1C=C[C@@H](N)[C@H]2C(=O)NC(=O)[C@@H]12. The molecule has 1 saturated heterocycles. The molecular formula is C9H12N2O2. The summed E-state index contributed by atoms with van der Waals surface area (Å²) in [5, 5.41) is 2.32. The molecule has 4 heteroatoms. The maximum absolute atomic E-state index is 11.4. The smallest absolute Gasteiger partial charge is 0.232 e. The second-order valence-electron chi connectivity index (χ2n) is 3.73. The Morgan fingerprint density at radius 3 is 2.46 bits per heavy atom. The van der Waals surface area contributed by atoms with Crippen molar-refractivity contribution in [3.05, 3.63) is 12.2 Å². The lowest BCUT2D eigenvalue weighted by Crippen LogP contribution is -2.41. The summed E-state index contributed by atoms with van der Waals surface area (Å²) in [5.74, 6) is -0.905. The summed E-state index contributed by atoms with van der Waals surface area (Å²) in [7, 11) is 0. The molecule has 2 aliphatic rings. The number of amides is 2. The summed E-state index contributed by atoms with van der Waals surface area (Å²) in [4.78, 5) is 22.7. The van der Waals surface area contributed by atoms with E-state index in [1.807, 2.05) is 19.1 Å². The maximum atomic E-state index is 11.4. The normalized spacial score (nSPS) is 43.2. The fourth-order valence-electron chi connectivity index (χ4n) is 2.14. The van der Waals surface area contributed by atoms with Gasteiger partial charge in [-0.3, -0.25) is 14.9 Å². The zero-order valence-electron chi connectivity index (χ0n) is 7.36. The molecule has 1 aliphatic heterocycles. The van der Waals surface area contributed by atoms with Crippen molar-refractivity contribution >= 4 is 11.8 Å². The Balaban J connectivity index is 2.38. The highest BCUT2D eigenvalue weighted by molar-refractivity contribution is 6.06. The van der Waals surface area contributed by atoms with Crippen LogP contribution in [0.5, 0.6) is 0 Å². The average Bonchev–Trinajstić information content (AvgIpc) is 2.36. The summed E-state index contributed by atoms with van der Waals surface area (Å²) in [6, 6.07) is -0.312. The van der Waals surface area contributed by atoms with E-state index in [9.17, 15) is 9.59 Å². The van der Waals surface area contributed by atoms with Crippen LogP contribution in [0.4, 0.5) is 0 Å². The Morgan fingerprint density at radius 2 is 1.85 bits per heavy atom. The molecule has 1 unspecified atom stereocenters. The number of hydrogen-bond donors (Lipinski definition) is 2. The molecule has 2 amide bonds. The third kappa shape index (κ3) is 1.09. The van der Waals surface area contributed by atoms with Gasteiger partial charge in [0.05, 0.1) is 11.8 Å². The Morgan fingerprint density at radius 1 is 1.23 bits per heavy atom. The van der Waals surface area contributed by atoms with Crippen molar-refractivity contribution < 1.29 is 9.59 Å². The van der Waals surface area contributed by atoms with Crippen LogP contribution in [-0.2, 0) is 9.59 Å². The zero-order valence-corrected chi connectivity index (χ0v) is 7.36. The van der Waals surface area contributed by atoms with Crippen molar-refractivity contribution in [2.45, 2.75) is 13.0 Å². The van der Waals surface area contributed by atoms with Gasteiger partial charge < -0.3 is 5.73 Å². The van der Waals surface area contributed by atoms with Crippen LogP contribution in [0.15, 0.2) is 12.2 Å². The summed E-state index contributed by atoms with van der Waals surface area (Å²) < 4.78 is 0. The van der Waals surface area contributed by atoms with E-state index >= 15 is 0 Å². The van der Waals surface area contributed by atoms with E-state index in [1.165, 1.54) is 0 Å². The van der Waals surface area contributed by atoms with Gasteiger partial charge in [-0.05, 0) is 5.92 Å². The Hall–Kier alpha value is -1.16. The highest BCUT2D eigenvalue weighted by atomic mass is 16.2. The van der Waals surface area contributed by atoms with E-state index < -0.39 is 0 Å². The van der Waals surface area contributed by atoms with Gasteiger partial charge in [0, 0.05) is 6.04 Å². The number of carbonyl (C=O) groups excluding carboxylic acids is 2. The van der Waals surface area contributed by atoms with Gasteiger partial charge >= 0.3 is 0 Å². The molecule has 0 bridgehead atoms. The molecule has 0 aromatic heterocycles. The van der Waals surface area contributed by atoms with E-state index in [4.69, 9.17) is 5.73 Å². The zero-order chi connectivity index (χ0) is 9.59. The minimum absolute atomic E-state index is 0.108. The third-order valence-corrected chi connectivity index (χ3v) is 2.86. The lowest BCUT2D eigenvalue weighted by Gasteiger charge is -2.27. The van der Waals surface area contributed by atoms with Crippen LogP contribution < -0.4 is 11.1 Å². The van der Waals surface area contributed by atoms with E-state index in [0.29, 0.717) is 0 Å². The monoisotopic (exact) mass is 180 g/mol. The van der Waals surface area contributed by atoms with Crippen molar-refractivity contribution in [2.24, 2.45) is 23.5 Å². The molecule has 0 aromatic rings. The minimum atomic E-state index is -0.354. The Bertz CT molecular complexity index is 270. The molecule has 13 heavy (non-hydrogen) atoms. The standard InChI is InChI=1S/C9H12N2O2/c1-4-2-3-5(10)7-6(4)8(12)11-9(7)13/h2-7H,10H2,1H3,(H,11,12,13)/t4?,5-,6+,7-/m1/s1. The second-order valence-corrected chi connectivity index (χ2v) is 3.73. The first kappa shape index (κ1) is 8.44. The van der Waals surface area contributed by atoms with E-state index in [2.05, 4.69) is 5.32 Å². The number of nitrogens with two attached hydrogens (primary N) is 1. The van der Waals surface area contributed by atoms with Crippen molar-refractivity contribution in [3.8, 4) is 0 Å². The lowest BCUT2D eigenvalue weighted by molar-refractivity contribution is -0.126. The van der Waals surface area contributed by atoms with Gasteiger partial charge in [-0.1, -0.05) is 19.1 Å². The van der Waals surface area contributed by atoms with Gasteiger partial charge in [0.2, 0.25) is 11.8 Å². The summed E-state index contributed by atoms with van der Waals surface area (Å²) in [6.45, 7) is 1.93. The van der Waals surface area contributed by atoms with Crippen LogP contribution in [0.1, 0.15) is 6.92 Å². The number of hydrogen-bond acceptors (Lipinski definition) is 3. The van der Waals surface area contributed by atoms with Crippen LogP contribution in [-0.4, -0.2) is 17.9 Å². The van der Waals surface area contributed by atoms with Gasteiger partial charge in [0.15, 0.2) is 0 Å². The number of allylic oxidation sites excluding steroid dienone is 1. The molecule has 70 valence electrons. The van der Waals surface area contributed by atoms with Crippen LogP contribution in [0.3, 0.4) is 0 Å². The Labute approximate surface area is 76.2 Å². The van der Waals surface area contributed by atoms with E-state index in [1.54, 1.807) is 0 Å². The number of imide groups is 1. The van der Waals surface area contributed by atoms with Crippen molar-refractivity contribution in [1.29, 1.82) is 0 Å². The summed E-state index contributed by atoms with van der Waals surface area (Å²) in [6.07, 6.45) is 3.72. The van der Waals surface area contributed by atoms with Gasteiger partial charge in [-0.25, -0.2) is 0 Å². The molecular weight excluding hydrogens is 168 g/mol. The number of nitrogens with one attached hydrogen (secondary N) is 1. The molecule has 1 fully saturated rings. The largest absolute Gasteiger partial charge is 0.324 e. The predicted molar refractivity (Wildman–Crippen MR) is 46.4 cm³/mol. The molecule has 1 aliphatic carbocycles. The molecule has 2 rings (SSSR count). The molecule has 3 N–H and O–H groups in total. The lowest BCUT2D eigenvalue weighted by atomic mass is 9.76. The highest BCUT2D eigenvalue weighted by Crippen LogP contribution is 2.33. The molecule has 0 aromatic carbocycles. The minimum Gasteiger partial charge on any atom is -0.324 e. The number of fused-ring (bicyclic) bond motifs is 1. The molecule has 4 nitrogen and oxygen atoms in total. The summed E-state index contributed by atoms with van der Waals surface area (Å²) >= 11 is 0. The summed E-state index contributed by atoms with van der Waals surface area (Å²) in [5.41, 5.74) is 5.73. The average molecular weight is 180 g/mol. The molecule has 4 atom stereocenters. The van der Waals surface area contributed by atoms with Gasteiger partial charge in [0.25, 0.3) is 0 Å². The van der Waals surface area contributed by atoms with Crippen molar-refractivity contribution in [3.63, 3.8) is 0 Å². The molecule has 0 spiro atoms. The number of carbonyl (C=O) groups is 2. The third-order valence-electron chi connectivity index (χ3n) is 2.86. The van der Waals surface area contributed by atoms with Crippen LogP contribution >= 0.6 is 0 Å².